The molecule has 70 valence electrons. The van der Waals surface area contributed by atoms with Crippen LogP contribution in [0.25, 0.3) is 0 Å². The molecule has 0 aliphatic carbocycles. The molecule has 0 aliphatic heterocycles. The second-order valence-corrected chi connectivity index (χ2v) is 2.84. The average Bonchev–Trinajstić information content (AvgIpc) is 2.17. The van der Waals surface area contributed by atoms with E-state index in [0.717, 1.165) is 5.57 Å². The molecule has 0 saturated carbocycles. The smallest absolute Gasteiger partial charge is 0.0816 e. The van der Waals surface area contributed by atoms with Gasteiger partial charge in [0.2, 0.25) is 0 Å². The predicted molar refractivity (Wildman–Crippen MR) is 60.5 cm³/mol. The first-order valence-corrected chi connectivity index (χ1v) is 4.01. The predicted octanol–water partition coefficient (Wildman–Crippen LogP) is 2.65. The molecule has 0 rings (SSSR count). The number of hydrogen-bond donors (Lipinski definition) is 0. The molecule has 2 atom stereocenters. The molecule has 0 aromatic rings. The third-order valence-corrected chi connectivity index (χ3v) is 2.04. The maximum Gasteiger partial charge on any atom is 0.0816 e. The summed E-state index contributed by atoms with van der Waals surface area (Å²) in [5.41, 5.74) is 1.52. The van der Waals surface area contributed by atoms with Crippen molar-refractivity contribution in [2.24, 2.45) is 15.9 Å². The van der Waals surface area contributed by atoms with Crippen LogP contribution in [0.15, 0.2) is 47.1 Å². The van der Waals surface area contributed by atoms with E-state index in [1.54, 1.807) is 6.08 Å². The lowest BCUT2D eigenvalue weighted by Crippen LogP contribution is -2.17. The maximum absolute atomic E-state index is 3.96. The number of rotatable bonds is 6. The van der Waals surface area contributed by atoms with Crippen molar-refractivity contribution in [2.75, 3.05) is 0 Å². The molecule has 0 aromatic heterocycles. The Morgan fingerprint density at radius 2 is 1.85 bits per heavy atom. The molecule has 0 amide bonds. The number of hydrogen-bond acceptors (Lipinski definition) is 2. The van der Waals surface area contributed by atoms with E-state index >= 15 is 0 Å². The Kier molecular flexibility index (Phi) is 4.67. The van der Waals surface area contributed by atoms with Crippen molar-refractivity contribution in [2.45, 2.75) is 13.0 Å². The van der Waals surface area contributed by atoms with Gasteiger partial charge < -0.3 is 0 Å². The standard InChI is InChI=1S/C11H16N2/c1-7-8(2)11(13-6)9(3)10(4)12-5/h7,9,11H,1-2,4-6H2,3H3. The van der Waals surface area contributed by atoms with Gasteiger partial charge in [-0.25, -0.2) is 0 Å². The summed E-state index contributed by atoms with van der Waals surface area (Å²) in [6.07, 6.45) is 1.67. The lowest BCUT2D eigenvalue weighted by Gasteiger charge is -2.19. The van der Waals surface area contributed by atoms with Crippen LogP contribution in [0, 0.1) is 5.92 Å². The van der Waals surface area contributed by atoms with Crippen LogP contribution in [0.5, 0.6) is 0 Å². The second kappa shape index (κ2) is 5.25. The SMILES string of the molecule is C=CC(=C)C(N=C)C(C)C(=C)N=C. The van der Waals surface area contributed by atoms with Crippen LogP contribution in [0.4, 0.5) is 0 Å². The fourth-order valence-electron chi connectivity index (χ4n) is 1.04. The van der Waals surface area contributed by atoms with Crippen molar-refractivity contribution in [3.8, 4) is 0 Å². The van der Waals surface area contributed by atoms with Gasteiger partial charge in [-0.2, -0.15) is 0 Å². The highest BCUT2D eigenvalue weighted by atomic mass is 14.8. The van der Waals surface area contributed by atoms with Gasteiger partial charge in [0.15, 0.2) is 0 Å². The normalized spacial score (nSPS) is 13.9. The van der Waals surface area contributed by atoms with Crippen LogP contribution < -0.4 is 0 Å². The maximum atomic E-state index is 3.96. The van der Waals surface area contributed by atoms with Crippen molar-refractivity contribution in [1.82, 2.24) is 0 Å². The molecule has 2 heteroatoms. The molecule has 0 bridgehead atoms. The monoisotopic (exact) mass is 176 g/mol. The van der Waals surface area contributed by atoms with Gasteiger partial charge in [-0.1, -0.05) is 32.7 Å². The van der Waals surface area contributed by atoms with Crippen LogP contribution in [-0.4, -0.2) is 19.5 Å². The summed E-state index contributed by atoms with van der Waals surface area (Å²) in [4.78, 5) is 7.72. The Hall–Kier alpha value is -1.44. The quantitative estimate of drug-likeness (QED) is 0.439. The van der Waals surface area contributed by atoms with Gasteiger partial charge in [0, 0.05) is 11.6 Å². The van der Waals surface area contributed by atoms with Crippen molar-refractivity contribution >= 4 is 13.4 Å². The Bertz CT molecular complexity index is 251. The fourth-order valence-corrected chi connectivity index (χ4v) is 1.04. The van der Waals surface area contributed by atoms with Crippen molar-refractivity contribution in [3.05, 3.63) is 37.1 Å². The van der Waals surface area contributed by atoms with E-state index in [0.29, 0.717) is 5.70 Å². The highest BCUT2D eigenvalue weighted by molar-refractivity contribution is 5.34. The first-order chi connectivity index (χ1) is 6.08. The van der Waals surface area contributed by atoms with Gasteiger partial charge in [-0.3, -0.25) is 9.98 Å². The van der Waals surface area contributed by atoms with E-state index in [9.17, 15) is 0 Å². The third-order valence-electron chi connectivity index (χ3n) is 2.04. The molecule has 0 fully saturated rings. The molecular formula is C11H16N2. The van der Waals surface area contributed by atoms with Gasteiger partial charge >= 0.3 is 0 Å². The van der Waals surface area contributed by atoms with E-state index < -0.39 is 0 Å². The first kappa shape index (κ1) is 11.6. The van der Waals surface area contributed by atoms with Gasteiger partial charge in [0.05, 0.1) is 6.04 Å². The Morgan fingerprint density at radius 3 is 2.15 bits per heavy atom. The largest absolute Gasteiger partial charge is 0.292 e. The molecule has 13 heavy (non-hydrogen) atoms. The van der Waals surface area contributed by atoms with Gasteiger partial charge in [-0.05, 0) is 19.0 Å². The molecule has 0 aliphatic rings. The number of aliphatic imine (C=N–C) groups is 2. The van der Waals surface area contributed by atoms with Crippen LogP contribution in [0.1, 0.15) is 6.92 Å². The number of nitrogens with zero attached hydrogens (tertiary/aromatic N) is 2. The summed E-state index contributed by atoms with van der Waals surface area (Å²) in [5, 5.41) is 0. The minimum Gasteiger partial charge on any atom is -0.292 e. The minimum absolute atomic E-state index is 0.0699. The topological polar surface area (TPSA) is 24.7 Å². The molecular weight excluding hydrogens is 160 g/mol. The lowest BCUT2D eigenvalue weighted by atomic mass is 9.94. The van der Waals surface area contributed by atoms with Crippen molar-refractivity contribution in [1.29, 1.82) is 0 Å². The van der Waals surface area contributed by atoms with Gasteiger partial charge in [-0.15, -0.1) is 0 Å². The van der Waals surface area contributed by atoms with Gasteiger partial charge in [0.1, 0.15) is 0 Å². The minimum atomic E-state index is -0.101. The lowest BCUT2D eigenvalue weighted by molar-refractivity contribution is 0.586. The highest BCUT2D eigenvalue weighted by Gasteiger charge is 2.18. The average molecular weight is 176 g/mol. The summed E-state index contributed by atoms with van der Waals surface area (Å²) in [6.45, 7) is 20.1. The second-order valence-electron chi connectivity index (χ2n) is 2.84. The highest BCUT2D eigenvalue weighted by Crippen LogP contribution is 2.22. The van der Waals surface area contributed by atoms with Crippen LogP contribution in [-0.2, 0) is 0 Å². The zero-order chi connectivity index (χ0) is 10.4. The molecule has 0 heterocycles. The van der Waals surface area contributed by atoms with E-state index in [4.69, 9.17) is 0 Å². The zero-order valence-electron chi connectivity index (χ0n) is 8.16. The van der Waals surface area contributed by atoms with Crippen molar-refractivity contribution in [3.63, 3.8) is 0 Å². The van der Waals surface area contributed by atoms with Gasteiger partial charge in [0.25, 0.3) is 0 Å². The molecule has 2 unspecified atom stereocenters. The summed E-state index contributed by atoms with van der Waals surface area (Å²) in [6, 6.07) is -0.101. The van der Waals surface area contributed by atoms with Crippen LogP contribution >= 0.6 is 0 Å². The van der Waals surface area contributed by atoms with E-state index in [-0.39, 0.29) is 12.0 Å². The summed E-state index contributed by atoms with van der Waals surface area (Å²) < 4.78 is 0. The summed E-state index contributed by atoms with van der Waals surface area (Å²) in [5.74, 6) is 0.0699. The Labute approximate surface area is 80.1 Å². The van der Waals surface area contributed by atoms with Crippen LogP contribution in [0.2, 0.25) is 0 Å². The third kappa shape index (κ3) is 2.82. The molecule has 0 aromatic carbocycles. The summed E-state index contributed by atoms with van der Waals surface area (Å²) in [7, 11) is 0. The molecule has 0 radical (unpaired) electrons. The fraction of sp³-hybridized carbons (Fsp3) is 0.273. The molecule has 0 spiro atoms. The molecule has 0 N–H and O–H groups in total. The molecule has 2 nitrogen and oxygen atoms in total. The zero-order valence-corrected chi connectivity index (χ0v) is 8.16. The Morgan fingerprint density at radius 1 is 1.31 bits per heavy atom. The van der Waals surface area contributed by atoms with Crippen molar-refractivity contribution < 1.29 is 0 Å². The van der Waals surface area contributed by atoms with E-state index in [2.05, 4.69) is 43.2 Å². The Balaban J connectivity index is 4.67. The van der Waals surface area contributed by atoms with E-state index in [1.807, 2.05) is 6.92 Å². The van der Waals surface area contributed by atoms with E-state index in [1.165, 1.54) is 0 Å². The van der Waals surface area contributed by atoms with Crippen LogP contribution in [0.3, 0.4) is 0 Å². The first-order valence-electron chi connectivity index (χ1n) is 4.01. The molecule has 0 saturated heterocycles. The summed E-state index contributed by atoms with van der Waals surface area (Å²) >= 11 is 0.